The van der Waals surface area contributed by atoms with Gasteiger partial charge in [0.15, 0.2) is 11.5 Å². The molecule has 0 aromatic heterocycles. The molecule has 0 N–H and O–H groups in total. The maximum atomic E-state index is 5.86. The highest BCUT2D eigenvalue weighted by Gasteiger charge is 2.22. The van der Waals surface area contributed by atoms with Gasteiger partial charge in [0.2, 0.25) is 0 Å². The van der Waals surface area contributed by atoms with Crippen LogP contribution in [0.15, 0.2) is 24.3 Å². The van der Waals surface area contributed by atoms with E-state index < -0.39 is 0 Å². The normalized spacial score (nSPS) is 20.0. The molecule has 22 heavy (non-hydrogen) atoms. The summed E-state index contributed by atoms with van der Waals surface area (Å²) in [5.74, 6) is 1.61. The minimum Gasteiger partial charge on any atom is -0.493 e. The van der Waals surface area contributed by atoms with Crippen LogP contribution >= 0.6 is 0 Å². The van der Waals surface area contributed by atoms with E-state index in [1.54, 1.807) is 14.2 Å². The molecule has 1 aliphatic rings. The number of piperazine rings is 1. The van der Waals surface area contributed by atoms with Gasteiger partial charge < -0.3 is 14.2 Å². The first kappa shape index (κ1) is 17.1. The first-order valence-corrected chi connectivity index (χ1v) is 7.95. The molecule has 1 fully saturated rings. The first-order chi connectivity index (χ1) is 10.7. The van der Waals surface area contributed by atoms with Crippen molar-refractivity contribution in [2.45, 2.75) is 13.0 Å². The fourth-order valence-corrected chi connectivity index (χ4v) is 2.84. The standard InChI is InChI=1S/C17H28N2O3/c1-15-14-18(8-9-19(15)11-12-20-2)10-13-22-17-7-5-4-6-16(17)21-3/h4-7,15H,8-14H2,1-3H3. The maximum absolute atomic E-state index is 5.86. The summed E-state index contributed by atoms with van der Waals surface area (Å²) in [7, 11) is 3.43. The Kier molecular flexibility index (Phi) is 6.96. The van der Waals surface area contributed by atoms with Crippen LogP contribution in [0.3, 0.4) is 0 Å². The molecule has 1 aromatic carbocycles. The highest BCUT2D eigenvalue weighted by atomic mass is 16.5. The first-order valence-electron chi connectivity index (χ1n) is 7.95. The summed E-state index contributed by atoms with van der Waals surface area (Å²) >= 11 is 0. The number of para-hydroxylation sites is 2. The van der Waals surface area contributed by atoms with E-state index >= 15 is 0 Å². The molecule has 0 spiro atoms. The molecule has 0 bridgehead atoms. The molecule has 0 amide bonds. The van der Waals surface area contributed by atoms with Gasteiger partial charge in [-0.3, -0.25) is 9.80 Å². The second-order valence-electron chi connectivity index (χ2n) is 5.68. The van der Waals surface area contributed by atoms with Crippen molar-refractivity contribution in [3.63, 3.8) is 0 Å². The van der Waals surface area contributed by atoms with E-state index in [1.807, 2.05) is 24.3 Å². The summed E-state index contributed by atoms with van der Waals surface area (Å²) in [5.41, 5.74) is 0. The Balaban J connectivity index is 1.72. The van der Waals surface area contributed by atoms with Crippen LogP contribution in [0.2, 0.25) is 0 Å². The molecule has 1 saturated heterocycles. The number of ether oxygens (including phenoxy) is 3. The van der Waals surface area contributed by atoms with Crippen molar-refractivity contribution in [2.75, 3.05) is 60.2 Å². The number of benzene rings is 1. The molecule has 0 aliphatic carbocycles. The zero-order valence-electron chi connectivity index (χ0n) is 14.0. The molecule has 1 aliphatic heterocycles. The van der Waals surface area contributed by atoms with Gasteiger partial charge in [-0.2, -0.15) is 0 Å². The zero-order valence-corrected chi connectivity index (χ0v) is 14.0. The third kappa shape index (κ3) is 4.87. The van der Waals surface area contributed by atoms with Crippen LogP contribution in [0.5, 0.6) is 11.5 Å². The number of methoxy groups -OCH3 is 2. The van der Waals surface area contributed by atoms with Crippen molar-refractivity contribution in [1.82, 2.24) is 9.80 Å². The summed E-state index contributed by atoms with van der Waals surface area (Å²) in [4.78, 5) is 4.95. The van der Waals surface area contributed by atoms with Gasteiger partial charge in [0.1, 0.15) is 6.61 Å². The SMILES string of the molecule is COCCN1CCN(CCOc2ccccc2OC)CC1C. The van der Waals surface area contributed by atoms with Gasteiger partial charge in [-0.1, -0.05) is 12.1 Å². The minimum atomic E-state index is 0.565. The molecular weight excluding hydrogens is 280 g/mol. The molecule has 0 saturated carbocycles. The largest absolute Gasteiger partial charge is 0.493 e. The third-order valence-electron chi connectivity index (χ3n) is 4.17. The Morgan fingerprint density at radius 2 is 1.82 bits per heavy atom. The van der Waals surface area contributed by atoms with E-state index in [-0.39, 0.29) is 0 Å². The molecular formula is C17H28N2O3. The number of hydrogen-bond acceptors (Lipinski definition) is 5. The summed E-state index contributed by atoms with van der Waals surface area (Å²) < 4.78 is 16.3. The molecule has 1 aromatic rings. The van der Waals surface area contributed by atoms with E-state index in [1.165, 1.54) is 0 Å². The van der Waals surface area contributed by atoms with Crippen molar-refractivity contribution in [2.24, 2.45) is 0 Å². The van der Waals surface area contributed by atoms with Gasteiger partial charge in [0, 0.05) is 45.9 Å². The number of hydrogen-bond donors (Lipinski definition) is 0. The summed E-state index contributed by atoms with van der Waals surface area (Å²) in [6, 6.07) is 8.35. The average Bonchev–Trinajstić information content (AvgIpc) is 2.54. The van der Waals surface area contributed by atoms with Gasteiger partial charge in [0.05, 0.1) is 13.7 Å². The predicted octanol–water partition coefficient (Wildman–Crippen LogP) is 1.73. The van der Waals surface area contributed by atoms with Gasteiger partial charge in [-0.15, -0.1) is 0 Å². The number of nitrogens with zero attached hydrogens (tertiary/aromatic N) is 2. The Bertz CT molecular complexity index is 442. The van der Waals surface area contributed by atoms with E-state index in [0.717, 1.165) is 50.8 Å². The molecule has 0 radical (unpaired) electrons. The zero-order chi connectivity index (χ0) is 15.8. The van der Waals surface area contributed by atoms with Crippen LogP contribution < -0.4 is 9.47 Å². The lowest BCUT2D eigenvalue weighted by Crippen LogP contribution is -2.53. The van der Waals surface area contributed by atoms with Crippen LogP contribution in [0.1, 0.15) is 6.92 Å². The van der Waals surface area contributed by atoms with E-state index in [9.17, 15) is 0 Å². The van der Waals surface area contributed by atoms with Gasteiger partial charge in [-0.05, 0) is 19.1 Å². The van der Waals surface area contributed by atoms with E-state index in [4.69, 9.17) is 14.2 Å². The molecule has 124 valence electrons. The lowest BCUT2D eigenvalue weighted by molar-refractivity contribution is 0.0530. The molecule has 2 rings (SSSR count). The fourth-order valence-electron chi connectivity index (χ4n) is 2.84. The summed E-state index contributed by atoms with van der Waals surface area (Å²) in [6.07, 6.45) is 0. The lowest BCUT2D eigenvalue weighted by Gasteiger charge is -2.39. The van der Waals surface area contributed by atoms with Crippen LogP contribution in [0, 0.1) is 0 Å². The maximum Gasteiger partial charge on any atom is 0.161 e. The molecule has 1 unspecified atom stereocenters. The quantitative estimate of drug-likeness (QED) is 0.730. The summed E-state index contributed by atoms with van der Waals surface area (Å²) in [6.45, 7) is 9.00. The minimum absolute atomic E-state index is 0.565. The van der Waals surface area contributed by atoms with Crippen LogP contribution in [0.4, 0.5) is 0 Å². The second kappa shape index (κ2) is 8.98. The third-order valence-corrected chi connectivity index (χ3v) is 4.17. The van der Waals surface area contributed by atoms with E-state index in [2.05, 4.69) is 16.7 Å². The highest BCUT2D eigenvalue weighted by Crippen LogP contribution is 2.25. The van der Waals surface area contributed by atoms with Crippen molar-refractivity contribution >= 4 is 0 Å². The van der Waals surface area contributed by atoms with Crippen molar-refractivity contribution in [1.29, 1.82) is 0 Å². The van der Waals surface area contributed by atoms with Crippen LogP contribution in [-0.4, -0.2) is 76.0 Å². The monoisotopic (exact) mass is 308 g/mol. The number of rotatable bonds is 8. The molecule has 1 heterocycles. The topological polar surface area (TPSA) is 34.2 Å². The van der Waals surface area contributed by atoms with Gasteiger partial charge in [-0.25, -0.2) is 0 Å². The van der Waals surface area contributed by atoms with Crippen molar-refractivity contribution in [3.05, 3.63) is 24.3 Å². The predicted molar refractivity (Wildman–Crippen MR) is 87.8 cm³/mol. The highest BCUT2D eigenvalue weighted by molar-refractivity contribution is 5.39. The smallest absolute Gasteiger partial charge is 0.161 e. The molecule has 5 heteroatoms. The lowest BCUT2D eigenvalue weighted by atomic mass is 10.2. The molecule has 5 nitrogen and oxygen atoms in total. The second-order valence-corrected chi connectivity index (χ2v) is 5.68. The Labute approximate surface area is 133 Å². The Hall–Kier alpha value is -1.30. The van der Waals surface area contributed by atoms with Crippen molar-refractivity contribution in [3.8, 4) is 11.5 Å². The van der Waals surface area contributed by atoms with Crippen LogP contribution in [0.25, 0.3) is 0 Å². The van der Waals surface area contributed by atoms with Gasteiger partial charge >= 0.3 is 0 Å². The fraction of sp³-hybridized carbons (Fsp3) is 0.647. The summed E-state index contributed by atoms with van der Waals surface area (Å²) in [5, 5.41) is 0. The van der Waals surface area contributed by atoms with Gasteiger partial charge in [0.25, 0.3) is 0 Å². The van der Waals surface area contributed by atoms with E-state index in [0.29, 0.717) is 12.6 Å². The van der Waals surface area contributed by atoms with Crippen molar-refractivity contribution < 1.29 is 14.2 Å². The van der Waals surface area contributed by atoms with Crippen LogP contribution in [-0.2, 0) is 4.74 Å². The Morgan fingerprint density at radius 1 is 1.05 bits per heavy atom. The molecule has 1 atom stereocenters. The Morgan fingerprint density at radius 3 is 2.50 bits per heavy atom. The average molecular weight is 308 g/mol.